The molecule has 0 atom stereocenters. The van der Waals surface area contributed by atoms with Crippen molar-refractivity contribution in [1.82, 2.24) is 4.90 Å². The molecule has 0 unspecified atom stereocenters. The number of likely N-dealkylation sites (tertiary alicyclic amines) is 1. The van der Waals surface area contributed by atoms with Gasteiger partial charge in [0.25, 0.3) is 0 Å². The van der Waals surface area contributed by atoms with Crippen LogP contribution in [0.15, 0.2) is 30.3 Å². The summed E-state index contributed by atoms with van der Waals surface area (Å²) in [7, 11) is 0. The molecule has 1 heterocycles. The molecule has 0 aromatic heterocycles. The number of carbonyl (C=O) groups excluding carboxylic acids is 1. The fraction of sp³-hybridized carbons (Fsp3) is 0.588. The lowest BCUT2D eigenvalue weighted by Gasteiger charge is -2.31. The molecule has 3 nitrogen and oxygen atoms in total. The van der Waals surface area contributed by atoms with Crippen molar-refractivity contribution in [3.8, 4) is 0 Å². The predicted molar refractivity (Wildman–Crippen MR) is 83.7 cm³/mol. The number of nitrogens with zero attached hydrogens (tertiary/aromatic N) is 1. The van der Waals surface area contributed by atoms with Gasteiger partial charge in [0.1, 0.15) is 0 Å². The average Bonchev–Trinajstić information content (AvgIpc) is 2.46. The third-order valence-corrected chi connectivity index (χ3v) is 4.02. The minimum atomic E-state index is 0.172. The van der Waals surface area contributed by atoms with Gasteiger partial charge < -0.3 is 10.2 Å². The molecule has 1 aromatic rings. The predicted octanol–water partition coefficient (Wildman–Crippen LogP) is 3.38. The van der Waals surface area contributed by atoms with Crippen LogP contribution in [0.5, 0.6) is 0 Å². The Balaban J connectivity index is 1.74. The SMILES string of the molecule is CC(C)CCN1CCC(C(=O)Nc2ccccc2)CC1. The third kappa shape index (κ3) is 4.64. The number of anilines is 1. The van der Waals surface area contributed by atoms with E-state index in [0.29, 0.717) is 0 Å². The van der Waals surface area contributed by atoms with Crippen molar-refractivity contribution in [3.05, 3.63) is 30.3 Å². The molecule has 1 aliphatic rings. The lowest BCUT2D eigenvalue weighted by molar-refractivity contribution is -0.121. The summed E-state index contributed by atoms with van der Waals surface area (Å²) in [5, 5.41) is 3.02. The number of piperidine rings is 1. The van der Waals surface area contributed by atoms with E-state index in [9.17, 15) is 4.79 Å². The highest BCUT2D eigenvalue weighted by atomic mass is 16.1. The van der Waals surface area contributed by atoms with Crippen molar-refractivity contribution in [2.45, 2.75) is 33.1 Å². The summed E-state index contributed by atoms with van der Waals surface area (Å²) in [6.07, 6.45) is 3.22. The molecule has 1 saturated heterocycles. The smallest absolute Gasteiger partial charge is 0.227 e. The van der Waals surface area contributed by atoms with Gasteiger partial charge in [0.05, 0.1) is 0 Å². The van der Waals surface area contributed by atoms with Gasteiger partial charge in [-0.1, -0.05) is 32.0 Å². The Bertz CT molecular complexity index is 408. The van der Waals surface area contributed by atoms with Gasteiger partial charge in [-0.2, -0.15) is 0 Å². The minimum Gasteiger partial charge on any atom is -0.326 e. The molecular weight excluding hydrogens is 248 g/mol. The van der Waals surface area contributed by atoms with Crippen LogP contribution < -0.4 is 5.32 Å². The van der Waals surface area contributed by atoms with E-state index in [1.165, 1.54) is 13.0 Å². The summed E-state index contributed by atoms with van der Waals surface area (Å²) >= 11 is 0. The molecule has 0 radical (unpaired) electrons. The van der Waals surface area contributed by atoms with Crippen molar-refractivity contribution < 1.29 is 4.79 Å². The molecule has 0 spiro atoms. The van der Waals surface area contributed by atoms with Crippen LogP contribution >= 0.6 is 0 Å². The zero-order valence-corrected chi connectivity index (χ0v) is 12.6. The monoisotopic (exact) mass is 274 g/mol. The Labute approximate surface area is 122 Å². The second-order valence-electron chi connectivity index (χ2n) is 6.15. The Morgan fingerprint density at radius 3 is 2.50 bits per heavy atom. The Kier molecular flexibility index (Phi) is 5.60. The van der Waals surface area contributed by atoms with E-state index in [0.717, 1.165) is 37.5 Å². The van der Waals surface area contributed by atoms with Gasteiger partial charge in [-0.15, -0.1) is 0 Å². The first-order valence-electron chi connectivity index (χ1n) is 7.73. The summed E-state index contributed by atoms with van der Waals surface area (Å²) in [6.45, 7) is 7.81. The molecule has 110 valence electrons. The molecule has 1 aliphatic heterocycles. The topological polar surface area (TPSA) is 32.3 Å². The maximum atomic E-state index is 12.2. The normalized spacial score (nSPS) is 17.4. The standard InChI is InChI=1S/C17H26N2O/c1-14(2)8-11-19-12-9-15(10-13-19)17(20)18-16-6-4-3-5-7-16/h3-7,14-15H,8-13H2,1-2H3,(H,18,20). The van der Waals surface area contributed by atoms with E-state index in [-0.39, 0.29) is 11.8 Å². The number of hydrogen-bond acceptors (Lipinski definition) is 2. The van der Waals surface area contributed by atoms with E-state index in [2.05, 4.69) is 24.1 Å². The van der Waals surface area contributed by atoms with E-state index in [4.69, 9.17) is 0 Å². The molecule has 1 aromatic carbocycles. The van der Waals surface area contributed by atoms with Crippen LogP contribution in [0, 0.1) is 11.8 Å². The number of carbonyl (C=O) groups is 1. The molecule has 0 aliphatic carbocycles. The molecule has 1 N–H and O–H groups in total. The number of para-hydroxylation sites is 1. The van der Waals surface area contributed by atoms with Crippen LogP contribution in [0.3, 0.4) is 0 Å². The van der Waals surface area contributed by atoms with Crippen LogP contribution in [0.4, 0.5) is 5.69 Å². The van der Waals surface area contributed by atoms with E-state index in [1.54, 1.807) is 0 Å². The summed E-state index contributed by atoms with van der Waals surface area (Å²) in [4.78, 5) is 14.7. The number of rotatable bonds is 5. The fourth-order valence-electron chi connectivity index (χ4n) is 2.63. The van der Waals surface area contributed by atoms with E-state index in [1.807, 2.05) is 30.3 Å². The first-order chi connectivity index (χ1) is 9.65. The second kappa shape index (κ2) is 7.44. The number of hydrogen-bond donors (Lipinski definition) is 1. The molecule has 20 heavy (non-hydrogen) atoms. The van der Waals surface area contributed by atoms with Gasteiger partial charge in [-0.05, 0) is 56.9 Å². The minimum absolute atomic E-state index is 0.172. The molecule has 1 fully saturated rings. The van der Waals surface area contributed by atoms with Gasteiger partial charge in [0.2, 0.25) is 5.91 Å². The van der Waals surface area contributed by atoms with Crippen LogP contribution in [-0.4, -0.2) is 30.4 Å². The van der Waals surface area contributed by atoms with Crippen LogP contribution in [0.1, 0.15) is 33.1 Å². The van der Waals surface area contributed by atoms with E-state index >= 15 is 0 Å². The molecule has 1 amide bonds. The van der Waals surface area contributed by atoms with Gasteiger partial charge in [0, 0.05) is 11.6 Å². The quantitative estimate of drug-likeness (QED) is 0.892. The molecule has 2 rings (SSSR count). The third-order valence-electron chi connectivity index (χ3n) is 4.02. The van der Waals surface area contributed by atoms with Gasteiger partial charge in [-0.3, -0.25) is 4.79 Å². The van der Waals surface area contributed by atoms with Crippen LogP contribution in [0.25, 0.3) is 0 Å². The zero-order valence-electron chi connectivity index (χ0n) is 12.6. The van der Waals surface area contributed by atoms with Crippen molar-refractivity contribution >= 4 is 11.6 Å². The van der Waals surface area contributed by atoms with E-state index < -0.39 is 0 Å². The largest absolute Gasteiger partial charge is 0.326 e. The Morgan fingerprint density at radius 2 is 1.90 bits per heavy atom. The van der Waals surface area contributed by atoms with Crippen molar-refractivity contribution in [1.29, 1.82) is 0 Å². The van der Waals surface area contributed by atoms with Crippen LogP contribution in [0.2, 0.25) is 0 Å². The van der Waals surface area contributed by atoms with Crippen molar-refractivity contribution in [2.24, 2.45) is 11.8 Å². The highest BCUT2D eigenvalue weighted by Gasteiger charge is 2.24. The average molecular weight is 274 g/mol. The van der Waals surface area contributed by atoms with Crippen molar-refractivity contribution in [3.63, 3.8) is 0 Å². The Hall–Kier alpha value is -1.35. The molecular formula is C17H26N2O. The summed E-state index contributed by atoms with van der Waals surface area (Å²) < 4.78 is 0. The maximum absolute atomic E-state index is 12.2. The lowest BCUT2D eigenvalue weighted by atomic mass is 9.95. The van der Waals surface area contributed by atoms with Gasteiger partial charge in [0.15, 0.2) is 0 Å². The molecule has 0 saturated carbocycles. The summed E-state index contributed by atoms with van der Waals surface area (Å²) in [5.74, 6) is 1.11. The molecule has 0 bridgehead atoms. The molecule has 3 heteroatoms. The maximum Gasteiger partial charge on any atom is 0.227 e. The highest BCUT2D eigenvalue weighted by Crippen LogP contribution is 2.20. The van der Waals surface area contributed by atoms with Crippen LogP contribution in [-0.2, 0) is 4.79 Å². The van der Waals surface area contributed by atoms with Gasteiger partial charge >= 0.3 is 0 Å². The number of benzene rings is 1. The second-order valence-corrected chi connectivity index (χ2v) is 6.15. The summed E-state index contributed by atoms with van der Waals surface area (Å²) in [5.41, 5.74) is 0.903. The lowest BCUT2D eigenvalue weighted by Crippen LogP contribution is -2.38. The first-order valence-corrected chi connectivity index (χ1v) is 7.73. The summed E-state index contributed by atoms with van der Waals surface area (Å²) in [6, 6.07) is 9.74. The Morgan fingerprint density at radius 1 is 1.25 bits per heavy atom. The van der Waals surface area contributed by atoms with Gasteiger partial charge in [-0.25, -0.2) is 0 Å². The highest BCUT2D eigenvalue weighted by molar-refractivity contribution is 5.92. The fourth-order valence-corrected chi connectivity index (χ4v) is 2.63. The first kappa shape index (κ1) is 15.0. The van der Waals surface area contributed by atoms with Crippen molar-refractivity contribution in [2.75, 3.05) is 25.0 Å². The number of amides is 1. The number of nitrogens with one attached hydrogen (secondary N) is 1. The zero-order chi connectivity index (χ0) is 14.4.